The van der Waals surface area contributed by atoms with Gasteiger partial charge >= 0.3 is 0 Å². The molecule has 0 atom stereocenters. The van der Waals surface area contributed by atoms with Crippen molar-refractivity contribution in [3.8, 4) is 5.75 Å². The zero-order valence-electron chi connectivity index (χ0n) is 10.9. The molecule has 0 bridgehead atoms. The van der Waals surface area contributed by atoms with Gasteiger partial charge in [-0.25, -0.2) is 0 Å². The highest BCUT2D eigenvalue weighted by Crippen LogP contribution is 2.26. The van der Waals surface area contributed by atoms with E-state index in [4.69, 9.17) is 10.5 Å². The van der Waals surface area contributed by atoms with Gasteiger partial charge in [0.15, 0.2) is 0 Å². The number of nitrogens with two attached hydrogens (primary N) is 1. The summed E-state index contributed by atoms with van der Waals surface area (Å²) < 4.78 is 5.47. The average molecular weight is 250 g/mol. The standard InChI is InChI=1S/C14H22N2O2/c1-2-18-14-8-10(15)7-12(9-14)16-11-3-5-13(17)6-4-11/h7-9,11,13,16-17H,2-6,15H2,1H3. The fourth-order valence-electron chi connectivity index (χ4n) is 2.41. The molecule has 1 saturated carbocycles. The average Bonchev–Trinajstić information content (AvgIpc) is 2.32. The minimum atomic E-state index is -0.122. The monoisotopic (exact) mass is 250 g/mol. The molecule has 0 amide bonds. The molecule has 4 nitrogen and oxygen atoms in total. The molecule has 0 unspecified atom stereocenters. The van der Waals surface area contributed by atoms with Gasteiger partial charge in [-0.1, -0.05) is 0 Å². The highest BCUT2D eigenvalue weighted by molar-refractivity contribution is 5.59. The summed E-state index contributed by atoms with van der Waals surface area (Å²) in [5.74, 6) is 0.802. The third-order valence-corrected chi connectivity index (χ3v) is 3.31. The van der Waals surface area contributed by atoms with Crippen LogP contribution in [0.4, 0.5) is 11.4 Å². The second kappa shape index (κ2) is 5.96. The third-order valence-electron chi connectivity index (χ3n) is 3.31. The zero-order chi connectivity index (χ0) is 13.0. The summed E-state index contributed by atoms with van der Waals surface area (Å²) in [6.07, 6.45) is 3.62. The first kappa shape index (κ1) is 13.0. The Morgan fingerprint density at radius 1 is 1.28 bits per heavy atom. The summed E-state index contributed by atoms with van der Waals surface area (Å²) in [5.41, 5.74) is 7.56. The van der Waals surface area contributed by atoms with Crippen molar-refractivity contribution >= 4 is 11.4 Å². The van der Waals surface area contributed by atoms with E-state index in [2.05, 4.69) is 5.32 Å². The highest BCUT2D eigenvalue weighted by Gasteiger charge is 2.19. The molecule has 4 N–H and O–H groups in total. The maximum Gasteiger partial charge on any atom is 0.123 e. The fourth-order valence-corrected chi connectivity index (χ4v) is 2.41. The first-order valence-electron chi connectivity index (χ1n) is 6.65. The van der Waals surface area contributed by atoms with Gasteiger partial charge in [-0.15, -0.1) is 0 Å². The van der Waals surface area contributed by atoms with Crippen LogP contribution in [0.15, 0.2) is 18.2 Å². The summed E-state index contributed by atoms with van der Waals surface area (Å²) in [5, 5.41) is 13.0. The van der Waals surface area contributed by atoms with Crippen LogP contribution in [-0.4, -0.2) is 23.9 Å². The van der Waals surface area contributed by atoms with Gasteiger partial charge in [-0.05, 0) is 38.7 Å². The quantitative estimate of drug-likeness (QED) is 0.718. The lowest BCUT2D eigenvalue weighted by molar-refractivity contribution is 0.126. The molecule has 0 aromatic heterocycles. The maximum absolute atomic E-state index is 9.48. The van der Waals surface area contributed by atoms with Crippen LogP contribution < -0.4 is 15.8 Å². The Bertz CT molecular complexity index is 387. The van der Waals surface area contributed by atoms with Crippen LogP contribution in [0.25, 0.3) is 0 Å². The van der Waals surface area contributed by atoms with E-state index in [0.29, 0.717) is 18.3 Å². The molecule has 100 valence electrons. The normalized spacial score (nSPS) is 23.7. The molecule has 1 aliphatic carbocycles. The maximum atomic E-state index is 9.48. The number of rotatable bonds is 4. The highest BCUT2D eigenvalue weighted by atomic mass is 16.5. The van der Waals surface area contributed by atoms with Crippen LogP contribution in [0.2, 0.25) is 0 Å². The van der Waals surface area contributed by atoms with Crippen LogP contribution in [0.5, 0.6) is 5.75 Å². The summed E-state index contributed by atoms with van der Waals surface area (Å²) in [4.78, 5) is 0. The Morgan fingerprint density at radius 2 is 2.00 bits per heavy atom. The molecule has 1 fully saturated rings. The second-order valence-corrected chi connectivity index (χ2v) is 4.87. The minimum absolute atomic E-state index is 0.122. The number of benzene rings is 1. The van der Waals surface area contributed by atoms with Gasteiger partial charge in [-0.2, -0.15) is 0 Å². The predicted octanol–water partition coefficient (Wildman–Crippen LogP) is 2.38. The molecule has 2 rings (SSSR count). The second-order valence-electron chi connectivity index (χ2n) is 4.87. The van der Waals surface area contributed by atoms with Gasteiger partial charge < -0.3 is 20.9 Å². The molecule has 0 saturated heterocycles. The summed E-state index contributed by atoms with van der Waals surface area (Å²) in [6.45, 7) is 2.59. The van der Waals surface area contributed by atoms with Gasteiger partial charge in [-0.3, -0.25) is 0 Å². The SMILES string of the molecule is CCOc1cc(N)cc(NC2CCC(O)CC2)c1. The molecule has 0 radical (unpaired) electrons. The Balaban J connectivity index is 2.00. The number of aliphatic hydroxyl groups is 1. The van der Waals surface area contributed by atoms with Crippen molar-refractivity contribution in [2.75, 3.05) is 17.7 Å². The molecule has 1 aromatic carbocycles. The molecular weight excluding hydrogens is 228 g/mol. The Labute approximate surface area is 108 Å². The molecule has 4 heteroatoms. The minimum Gasteiger partial charge on any atom is -0.494 e. The Hall–Kier alpha value is -1.42. The summed E-state index contributed by atoms with van der Waals surface area (Å²) >= 11 is 0. The first-order chi connectivity index (χ1) is 8.67. The largest absolute Gasteiger partial charge is 0.494 e. The number of aliphatic hydroxyl groups excluding tert-OH is 1. The smallest absolute Gasteiger partial charge is 0.123 e. The number of hydrogen-bond acceptors (Lipinski definition) is 4. The molecule has 1 aromatic rings. The lowest BCUT2D eigenvalue weighted by Gasteiger charge is -2.27. The Kier molecular flexibility index (Phi) is 4.31. The van der Waals surface area contributed by atoms with E-state index in [0.717, 1.165) is 37.1 Å². The van der Waals surface area contributed by atoms with Crippen LogP contribution in [-0.2, 0) is 0 Å². The number of hydrogen-bond donors (Lipinski definition) is 3. The van der Waals surface area contributed by atoms with Crippen LogP contribution in [0.1, 0.15) is 32.6 Å². The molecule has 0 heterocycles. The topological polar surface area (TPSA) is 67.5 Å². The number of ether oxygens (including phenoxy) is 1. The van der Waals surface area contributed by atoms with Gasteiger partial charge in [0.1, 0.15) is 5.75 Å². The van der Waals surface area contributed by atoms with Crippen LogP contribution in [0, 0.1) is 0 Å². The van der Waals surface area contributed by atoms with Crippen molar-refractivity contribution in [1.82, 2.24) is 0 Å². The molecule has 1 aliphatic rings. The third kappa shape index (κ3) is 3.53. The van der Waals surface area contributed by atoms with Gasteiger partial charge in [0.25, 0.3) is 0 Å². The van der Waals surface area contributed by atoms with E-state index >= 15 is 0 Å². The van der Waals surface area contributed by atoms with E-state index in [-0.39, 0.29) is 6.10 Å². The van der Waals surface area contributed by atoms with Crippen LogP contribution in [0.3, 0.4) is 0 Å². The van der Waals surface area contributed by atoms with E-state index in [9.17, 15) is 5.11 Å². The predicted molar refractivity (Wildman–Crippen MR) is 73.9 cm³/mol. The van der Waals surface area contributed by atoms with Crippen molar-refractivity contribution in [3.05, 3.63) is 18.2 Å². The van der Waals surface area contributed by atoms with Crippen molar-refractivity contribution in [2.45, 2.75) is 44.8 Å². The van der Waals surface area contributed by atoms with E-state index in [1.54, 1.807) is 0 Å². The molecule has 0 spiro atoms. The van der Waals surface area contributed by atoms with Gasteiger partial charge in [0.05, 0.1) is 12.7 Å². The number of nitrogens with one attached hydrogen (secondary N) is 1. The number of nitrogen functional groups attached to an aromatic ring is 1. The van der Waals surface area contributed by atoms with Crippen LogP contribution >= 0.6 is 0 Å². The summed E-state index contributed by atoms with van der Waals surface area (Å²) in [6, 6.07) is 6.15. The van der Waals surface area contributed by atoms with E-state index in [1.165, 1.54) is 0 Å². The molecule has 18 heavy (non-hydrogen) atoms. The summed E-state index contributed by atoms with van der Waals surface area (Å²) in [7, 11) is 0. The molecule has 0 aliphatic heterocycles. The van der Waals surface area contributed by atoms with Gasteiger partial charge in [0, 0.05) is 29.5 Å². The van der Waals surface area contributed by atoms with Crippen molar-refractivity contribution in [1.29, 1.82) is 0 Å². The zero-order valence-corrected chi connectivity index (χ0v) is 10.9. The van der Waals surface area contributed by atoms with Crippen molar-refractivity contribution in [2.24, 2.45) is 0 Å². The van der Waals surface area contributed by atoms with Crippen molar-refractivity contribution in [3.63, 3.8) is 0 Å². The number of anilines is 2. The van der Waals surface area contributed by atoms with Crippen molar-refractivity contribution < 1.29 is 9.84 Å². The lowest BCUT2D eigenvalue weighted by atomic mass is 9.93. The molecular formula is C14H22N2O2. The Morgan fingerprint density at radius 3 is 2.67 bits per heavy atom. The fraction of sp³-hybridized carbons (Fsp3) is 0.571. The lowest BCUT2D eigenvalue weighted by Crippen LogP contribution is -2.28. The van der Waals surface area contributed by atoms with Gasteiger partial charge in [0.2, 0.25) is 0 Å². The first-order valence-corrected chi connectivity index (χ1v) is 6.65. The van der Waals surface area contributed by atoms with E-state index in [1.807, 2.05) is 25.1 Å². The van der Waals surface area contributed by atoms with E-state index < -0.39 is 0 Å².